The predicted octanol–water partition coefficient (Wildman–Crippen LogP) is 6.20. The smallest absolute Gasteiger partial charge is 0.310 e. The van der Waals surface area contributed by atoms with Crippen molar-refractivity contribution in [2.75, 3.05) is 0 Å². The van der Waals surface area contributed by atoms with E-state index in [0.717, 1.165) is 57.8 Å². The summed E-state index contributed by atoms with van der Waals surface area (Å²) in [5.74, 6) is -0.106. The van der Waals surface area contributed by atoms with Gasteiger partial charge in [-0.1, -0.05) is 60.1 Å². The van der Waals surface area contributed by atoms with E-state index in [9.17, 15) is 20.1 Å². The summed E-state index contributed by atoms with van der Waals surface area (Å²) < 4.78 is 0. The van der Waals surface area contributed by atoms with Crippen molar-refractivity contribution in [2.45, 2.75) is 118 Å². The van der Waals surface area contributed by atoms with Crippen LogP contribution in [0, 0.1) is 50.2 Å². The molecular formula is C30H48O4. The van der Waals surface area contributed by atoms with Gasteiger partial charge in [0.05, 0.1) is 17.6 Å². The van der Waals surface area contributed by atoms with Crippen molar-refractivity contribution in [2.24, 2.45) is 50.2 Å². The summed E-state index contributed by atoms with van der Waals surface area (Å²) in [5.41, 5.74) is 0.344. The van der Waals surface area contributed by atoms with Gasteiger partial charge in [0.1, 0.15) is 0 Å². The molecule has 5 aliphatic carbocycles. The standard InChI is InChI=1S/C30H48O4/c1-25(2)12-14-30(24(33)34)15-13-28(6)18(19(30)17-25)16-20(31)23-27(5)10-9-22(32)26(3,4)21(27)8-11-29(23,28)7/h16,19-23,31-32H,8-15,17H2,1-7H3,(H,33,34)/t19-,20+,21-,22-,23+,27-,28+,29+,30-/m0/s1. The van der Waals surface area contributed by atoms with Gasteiger partial charge in [-0.15, -0.1) is 0 Å². The average molecular weight is 473 g/mol. The molecular weight excluding hydrogens is 424 g/mol. The van der Waals surface area contributed by atoms with E-state index in [1.54, 1.807) is 0 Å². The molecule has 0 unspecified atom stereocenters. The average Bonchev–Trinajstić information content (AvgIpc) is 2.72. The molecule has 9 atom stereocenters. The van der Waals surface area contributed by atoms with Gasteiger partial charge < -0.3 is 15.3 Å². The van der Waals surface area contributed by atoms with E-state index < -0.39 is 17.5 Å². The Morgan fingerprint density at radius 3 is 2.18 bits per heavy atom. The topological polar surface area (TPSA) is 77.8 Å². The van der Waals surface area contributed by atoms with Gasteiger partial charge in [0.2, 0.25) is 0 Å². The molecule has 0 saturated heterocycles. The highest BCUT2D eigenvalue weighted by atomic mass is 16.4. The molecule has 0 aromatic rings. The number of carboxylic acids is 1. The Balaban J connectivity index is 1.64. The first kappa shape index (κ1) is 24.8. The Labute approximate surface area is 206 Å². The van der Waals surface area contributed by atoms with E-state index in [4.69, 9.17) is 0 Å². The molecule has 5 rings (SSSR count). The molecule has 34 heavy (non-hydrogen) atoms. The SMILES string of the molecule is CC1(C)CC[C@]2(C(=O)O)CC[C@]3(C)C(=C[C@@H](O)[C@@H]4[C@@]5(C)CC[C@H](O)C(C)(C)[C@@H]5CC[C@]43C)[C@@H]2C1. The van der Waals surface area contributed by atoms with Gasteiger partial charge in [0, 0.05) is 5.92 Å². The number of aliphatic hydroxyl groups excluding tert-OH is 2. The first-order valence-corrected chi connectivity index (χ1v) is 13.9. The summed E-state index contributed by atoms with van der Waals surface area (Å²) in [4.78, 5) is 12.8. The minimum Gasteiger partial charge on any atom is -0.481 e. The van der Waals surface area contributed by atoms with Gasteiger partial charge in [-0.3, -0.25) is 4.79 Å². The zero-order valence-electron chi connectivity index (χ0n) is 22.6. The number of aliphatic carboxylic acids is 1. The van der Waals surface area contributed by atoms with E-state index >= 15 is 0 Å². The Kier molecular flexibility index (Phi) is 5.20. The maximum atomic E-state index is 12.8. The van der Waals surface area contributed by atoms with Crippen LogP contribution < -0.4 is 0 Å². The molecule has 0 amide bonds. The lowest BCUT2D eigenvalue weighted by atomic mass is 9.33. The van der Waals surface area contributed by atoms with Gasteiger partial charge >= 0.3 is 5.97 Å². The Hall–Kier alpha value is -0.870. The van der Waals surface area contributed by atoms with Crippen LogP contribution >= 0.6 is 0 Å². The van der Waals surface area contributed by atoms with Crippen LogP contribution in [-0.2, 0) is 4.79 Å². The van der Waals surface area contributed by atoms with Crippen molar-refractivity contribution in [1.29, 1.82) is 0 Å². The molecule has 0 heterocycles. The third kappa shape index (κ3) is 2.88. The van der Waals surface area contributed by atoms with E-state index in [-0.39, 0.29) is 45.0 Å². The van der Waals surface area contributed by atoms with E-state index in [0.29, 0.717) is 5.92 Å². The zero-order chi connectivity index (χ0) is 25.1. The zero-order valence-corrected chi connectivity index (χ0v) is 22.6. The van der Waals surface area contributed by atoms with E-state index in [1.165, 1.54) is 5.57 Å². The molecule has 5 aliphatic rings. The van der Waals surface area contributed by atoms with Crippen molar-refractivity contribution in [3.05, 3.63) is 11.6 Å². The molecule has 0 aliphatic heterocycles. The van der Waals surface area contributed by atoms with Crippen molar-refractivity contribution in [3.8, 4) is 0 Å². The number of aliphatic hydroxyl groups is 2. The molecule has 0 aromatic heterocycles. The Bertz CT molecular complexity index is 919. The largest absolute Gasteiger partial charge is 0.481 e. The Morgan fingerprint density at radius 1 is 0.882 bits per heavy atom. The molecule has 4 nitrogen and oxygen atoms in total. The van der Waals surface area contributed by atoms with Gasteiger partial charge in [-0.2, -0.15) is 0 Å². The quantitative estimate of drug-likeness (QED) is 0.397. The fourth-order valence-corrected chi connectivity index (χ4v) is 10.7. The van der Waals surface area contributed by atoms with Crippen LogP contribution in [0.25, 0.3) is 0 Å². The van der Waals surface area contributed by atoms with Crippen LogP contribution in [0.15, 0.2) is 11.6 Å². The fourth-order valence-electron chi connectivity index (χ4n) is 10.7. The van der Waals surface area contributed by atoms with Crippen LogP contribution in [0.3, 0.4) is 0 Å². The van der Waals surface area contributed by atoms with Crippen molar-refractivity contribution >= 4 is 5.97 Å². The highest BCUT2D eigenvalue weighted by Crippen LogP contribution is 2.75. The molecule has 0 aromatic carbocycles. The molecule has 4 saturated carbocycles. The van der Waals surface area contributed by atoms with Crippen LogP contribution in [0.2, 0.25) is 0 Å². The van der Waals surface area contributed by atoms with Gasteiger partial charge in [0.15, 0.2) is 0 Å². The second-order valence-electron chi connectivity index (χ2n) is 15.2. The summed E-state index contributed by atoms with van der Waals surface area (Å²) in [6, 6.07) is 0. The van der Waals surface area contributed by atoms with Crippen molar-refractivity contribution in [1.82, 2.24) is 0 Å². The highest BCUT2D eigenvalue weighted by molar-refractivity contribution is 5.76. The summed E-state index contributed by atoms with van der Waals surface area (Å²) in [6.07, 6.45) is 9.42. The molecule has 0 bridgehead atoms. The summed E-state index contributed by atoms with van der Waals surface area (Å²) >= 11 is 0. The number of fused-ring (bicyclic) bond motifs is 7. The summed E-state index contributed by atoms with van der Waals surface area (Å²) in [5, 5.41) is 33.3. The van der Waals surface area contributed by atoms with Crippen LogP contribution in [0.5, 0.6) is 0 Å². The molecule has 4 heteroatoms. The van der Waals surface area contributed by atoms with Crippen LogP contribution in [0.4, 0.5) is 0 Å². The van der Waals surface area contributed by atoms with Crippen molar-refractivity contribution in [3.63, 3.8) is 0 Å². The fraction of sp³-hybridized carbons (Fsp3) is 0.900. The minimum absolute atomic E-state index is 0.00933. The Morgan fingerprint density at radius 2 is 1.53 bits per heavy atom. The van der Waals surface area contributed by atoms with Gasteiger partial charge in [0.25, 0.3) is 0 Å². The highest BCUT2D eigenvalue weighted by Gasteiger charge is 2.70. The van der Waals surface area contributed by atoms with Gasteiger partial charge in [-0.25, -0.2) is 0 Å². The molecule has 192 valence electrons. The maximum Gasteiger partial charge on any atom is 0.310 e. The lowest BCUT2D eigenvalue weighted by Gasteiger charge is -2.71. The molecule has 4 fully saturated rings. The maximum absolute atomic E-state index is 12.8. The monoisotopic (exact) mass is 472 g/mol. The summed E-state index contributed by atoms with van der Waals surface area (Å²) in [6.45, 7) is 16.3. The second kappa shape index (κ2) is 7.12. The number of carboxylic acid groups (broad SMARTS) is 1. The summed E-state index contributed by atoms with van der Waals surface area (Å²) in [7, 11) is 0. The van der Waals surface area contributed by atoms with Crippen molar-refractivity contribution < 1.29 is 20.1 Å². The number of carbonyl (C=O) groups is 1. The second-order valence-corrected chi connectivity index (χ2v) is 15.2. The number of rotatable bonds is 1. The van der Waals surface area contributed by atoms with Crippen LogP contribution in [-0.4, -0.2) is 33.5 Å². The van der Waals surface area contributed by atoms with Crippen LogP contribution in [0.1, 0.15) is 106 Å². The molecule has 3 N–H and O–H groups in total. The molecule has 0 spiro atoms. The first-order valence-electron chi connectivity index (χ1n) is 13.9. The third-order valence-electron chi connectivity index (χ3n) is 13.0. The number of allylic oxidation sites excluding steroid dienone is 1. The minimum atomic E-state index is -0.679. The third-order valence-corrected chi connectivity index (χ3v) is 13.0. The number of hydrogen-bond donors (Lipinski definition) is 3. The van der Waals surface area contributed by atoms with Gasteiger partial charge in [-0.05, 0) is 96.7 Å². The normalized spacial score (nSPS) is 53.4. The molecule has 0 radical (unpaired) electrons. The number of hydrogen-bond acceptors (Lipinski definition) is 3. The van der Waals surface area contributed by atoms with E-state index in [2.05, 4.69) is 54.5 Å². The lowest BCUT2D eigenvalue weighted by Crippen LogP contribution is -2.67. The first-order chi connectivity index (χ1) is 15.6. The van der Waals surface area contributed by atoms with E-state index in [1.807, 2.05) is 0 Å². The predicted molar refractivity (Wildman–Crippen MR) is 134 cm³/mol. The lowest BCUT2D eigenvalue weighted by molar-refractivity contribution is -0.226.